The van der Waals surface area contributed by atoms with E-state index in [-0.39, 0.29) is 18.2 Å². The third-order valence-electron chi connectivity index (χ3n) is 7.01. The number of carbonyl (C=O) groups excluding carboxylic acids is 4. The van der Waals surface area contributed by atoms with Crippen molar-refractivity contribution in [3.05, 3.63) is 78.0 Å². The molecule has 214 valence electrons. The molecule has 0 fully saturated rings. The summed E-state index contributed by atoms with van der Waals surface area (Å²) in [4.78, 5) is 56.1. The van der Waals surface area contributed by atoms with Crippen LogP contribution in [0, 0.1) is 5.92 Å². The van der Waals surface area contributed by atoms with Crippen LogP contribution in [-0.4, -0.2) is 62.5 Å². The molecule has 3 amide bonds. The Bertz CT molecular complexity index is 1250. The van der Waals surface area contributed by atoms with Crippen molar-refractivity contribution >= 4 is 29.4 Å². The molecule has 1 aliphatic heterocycles. The normalized spacial score (nSPS) is 18.4. The number of aliphatic hydroxyl groups is 1. The average Bonchev–Trinajstić information content (AvgIpc) is 2.91. The molecule has 0 aliphatic carbocycles. The fourth-order valence-electron chi connectivity index (χ4n) is 4.93. The number of nitrogens with one attached hydrogen (secondary N) is 1. The highest BCUT2D eigenvalue weighted by Crippen LogP contribution is 2.36. The van der Waals surface area contributed by atoms with Gasteiger partial charge in [-0.05, 0) is 37.3 Å². The lowest BCUT2D eigenvalue weighted by atomic mass is 9.88. The van der Waals surface area contributed by atoms with E-state index in [0.717, 1.165) is 0 Å². The van der Waals surface area contributed by atoms with Gasteiger partial charge in [-0.25, -0.2) is 4.79 Å². The highest BCUT2D eigenvalue weighted by molar-refractivity contribution is 5.98. The van der Waals surface area contributed by atoms with Gasteiger partial charge in [0, 0.05) is 20.0 Å². The van der Waals surface area contributed by atoms with Crippen LogP contribution < -0.4 is 5.32 Å². The van der Waals surface area contributed by atoms with Crippen molar-refractivity contribution in [2.75, 3.05) is 0 Å². The first-order chi connectivity index (χ1) is 18.9. The van der Waals surface area contributed by atoms with E-state index in [2.05, 4.69) is 5.32 Å². The summed E-state index contributed by atoms with van der Waals surface area (Å²) >= 11 is 0. The van der Waals surface area contributed by atoms with E-state index in [1.807, 2.05) is 50.2 Å². The smallest absolute Gasteiger partial charge is 0.362 e. The molecule has 0 aromatic heterocycles. The molecular formula is C31H39N3O6. The molecule has 0 saturated carbocycles. The standard InChI is InChI=1S/C31H39N3O6/c1-7-21(4)28-29(37)34(26(19-33(28)23(6)36)25-16-12-9-13-17-25)27(18-24-14-10-8-11-15-24)31(39,32-22(5)35)30(38)40-20(2)3/h8-17,19-21,27-28,39H,7,18H2,1-6H3,(H,32,35)/t21?,27-,28?,31?/m0/s1. The summed E-state index contributed by atoms with van der Waals surface area (Å²) in [5.74, 6) is -2.82. The SMILES string of the molecule is CCC(C)C1C(=O)N([C@@H](Cc2ccccc2)C(O)(NC(C)=O)C(=O)OC(C)C)C(c2ccccc2)=CN1C(C)=O. The number of hydrogen-bond acceptors (Lipinski definition) is 6. The fourth-order valence-corrected chi connectivity index (χ4v) is 4.93. The Hall–Kier alpha value is -3.98. The topological polar surface area (TPSA) is 116 Å². The van der Waals surface area contributed by atoms with Gasteiger partial charge in [-0.2, -0.15) is 0 Å². The number of rotatable bonds is 10. The van der Waals surface area contributed by atoms with E-state index in [1.54, 1.807) is 44.3 Å². The van der Waals surface area contributed by atoms with Gasteiger partial charge >= 0.3 is 5.97 Å². The quantitative estimate of drug-likeness (QED) is 0.346. The van der Waals surface area contributed by atoms with Crippen LogP contribution in [0.2, 0.25) is 0 Å². The lowest BCUT2D eigenvalue weighted by Crippen LogP contribution is -2.70. The van der Waals surface area contributed by atoms with Crippen molar-refractivity contribution in [1.82, 2.24) is 15.1 Å². The van der Waals surface area contributed by atoms with Crippen LogP contribution in [0.3, 0.4) is 0 Å². The zero-order valence-corrected chi connectivity index (χ0v) is 24.0. The lowest BCUT2D eigenvalue weighted by molar-refractivity contribution is -0.185. The van der Waals surface area contributed by atoms with Crippen LogP contribution in [0.15, 0.2) is 66.9 Å². The predicted octanol–water partition coefficient (Wildman–Crippen LogP) is 3.48. The Balaban J connectivity index is 2.35. The Morgan fingerprint density at radius 2 is 1.57 bits per heavy atom. The first-order valence-electron chi connectivity index (χ1n) is 13.6. The van der Waals surface area contributed by atoms with Crippen molar-refractivity contribution in [3.8, 4) is 0 Å². The summed E-state index contributed by atoms with van der Waals surface area (Å²) in [6.45, 7) is 9.63. The molecule has 2 aromatic rings. The van der Waals surface area contributed by atoms with Gasteiger partial charge in [-0.3, -0.25) is 19.3 Å². The molecule has 9 nitrogen and oxygen atoms in total. The molecule has 2 N–H and O–H groups in total. The molecule has 0 saturated heterocycles. The van der Waals surface area contributed by atoms with Crippen LogP contribution in [-0.2, 0) is 30.3 Å². The van der Waals surface area contributed by atoms with E-state index < -0.39 is 41.7 Å². The largest absolute Gasteiger partial charge is 0.459 e. The summed E-state index contributed by atoms with van der Waals surface area (Å²) in [7, 11) is 0. The van der Waals surface area contributed by atoms with Gasteiger partial charge in [0.15, 0.2) is 0 Å². The van der Waals surface area contributed by atoms with E-state index in [9.17, 15) is 24.3 Å². The second kappa shape index (κ2) is 12.9. The summed E-state index contributed by atoms with van der Waals surface area (Å²) in [5, 5.41) is 14.5. The number of amides is 3. The van der Waals surface area contributed by atoms with Gasteiger partial charge in [0.1, 0.15) is 12.1 Å². The van der Waals surface area contributed by atoms with Crippen LogP contribution in [0.25, 0.3) is 5.70 Å². The van der Waals surface area contributed by atoms with Crippen LogP contribution >= 0.6 is 0 Å². The lowest BCUT2D eigenvalue weighted by Gasteiger charge is -2.48. The molecule has 4 atom stereocenters. The van der Waals surface area contributed by atoms with Gasteiger partial charge in [0.05, 0.1) is 11.8 Å². The second-order valence-corrected chi connectivity index (χ2v) is 10.5. The number of benzene rings is 2. The zero-order chi connectivity index (χ0) is 29.6. The van der Waals surface area contributed by atoms with Gasteiger partial charge < -0.3 is 20.1 Å². The molecule has 40 heavy (non-hydrogen) atoms. The predicted molar refractivity (Wildman–Crippen MR) is 151 cm³/mol. The number of nitrogens with zero attached hydrogens (tertiary/aromatic N) is 2. The van der Waals surface area contributed by atoms with Crippen LogP contribution in [0.1, 0.15) is 59.1 Å². The number of carbonyl (C=O) groups is 4. The van der Waals surface area contributed by atoms with Gasteiger partial charge in [0.25, 0.3) is 11.6 Å². The molecule has 1 heterocycles. The van der Waals surface area contributed by atoms with Crippen molar-refractivity contribution in [1.29, 1.82) is 0 Å². The van der Waals surface area contributed by atoms with Gasteiger partial charge in [-0.1, -0.05) is 80.9 Å². The van der Waals surface area contributed by atoms with Crippen LogP contribution in [0.4, 0.5) is 0 Å². The highest BCUT2D eigenvalue weighted by atomic mass is 16.6. The van der Waals surface area contributed by atoms with Crippen molar-refractivity contribution in [2.45, 2.75) is 78.3 Å². The molecule has 0 spiro atoms. The molecular weight excluding hydrogens is 510 g/mol. The summed E-state index contributed by atoms with van der Waals surface area (Å²) < 4.78 is 5.43. The van der Waals surface area contributed by atoms with Crippen molar-refractivity contribution < 1.29 is 29.0 Å². The number of hydrogen-bond donors (Lipinski definition) is 2. The summed E-state index contributed by atoms with van der Waals surface area (Å²) in [6.07, 6.45) is 1.58. The first kappa shape index (κ1) is 30.6. The van der Waals surface area contributed by atoms with E-state index in [4.69, 9.17) is 4.74 Å². The summed E-state index contributed by atoms with van der Waals surface area (Å²) in [6, 6.07) is 15.8. The minimum Gasteiger partial charge on any atom is -0.459 e. The Labute approximate surface area is 235 Å². The van der Waals surface area contributed by atoms with E-state index in [1.165, 1.54) is 23.6 Å². The minimum absolute atomic E-state index is 0.00593. The maximum atomic E-state index is 14.5. The second-order valence-electron chi connectivity index (χ2n) is 10.5. The average molecular weight is 550 g/mol. The molecule has 3 unspecified atom stereocenters. The maximum Gasteiger partial charge on any atom is 0.362 e. The Kier molecular flexibility index (Phi) is 9.87. The van der Waals surface area contributed by atoms with Gasteiger partial charge in [-0.15, -0.1) is 0 Å². The molecule has 2 aromatic carbocycles. The highest BCUT2D eigenvalue weighted by Gasteiger charge is 2.54. The Morgan fingerprint density at radius 1 is 1.00 bits per heavy atom. The van der Waals surface area contributed by atoms with Crippen molar-refractivity contribution in [2.24, 2.45) is 5.92 Å². The molecule has 1 aliphatic rings. The van der Waals surface area contributed by atoms with Crippen molar-refractivity contribution in [3.63, 3.8) is 0 Å². The zero-order valence-electron chi connectivity index (χ0n) is 24.0. The maximum absolute atomic E-state index is 14.5. The third-order valence-corrected chi connectivity index (χ3v) is 7.01. The minimum atomic E-state index is -2.62. The van der Waals surface area contributed by atoms with Crippen LogP contribution in [0.5, 0.6) is 0 Å². The van der Waals surface area contributed by atoms with E-state index in [0.29, 0.717) is 23.2 Å². The molecule has 3 rings (SSSR count). The summed E-state index contributed by atoms with van der Waals surface area (Å²) in [5.41, 5.74) is -1.01. The first-order valence-corrected chi connectivity index (χ1v) is 13.6. The monoisotopic (exact) mass is 549 g/mol. The number of ether oxygens (including phenoxy) is 1. The number of esters is 1. The fraction of sp³-hybridized carbons (Fsp3) is 0.419. The Morgan fingerprint density at radius 3 is 2.08 bits per heavy atom. The van der Waals surface area contributed by atoms with E-state index >= 15 is 0 Å². The molecule has 0 bridgehead atoms. The molecule has 0 radical (unpaired) electrons. The molecule has 9 heteroatoms. The third kappa shape index (κ3) is 6.59. The van der Waals surface area contributed by atoms with Gasteiger partial charge in [0.2, 0.25) is 11.8 Å².